The normalized spacial score (nSPS) is 14.7. The lowest BCUT2D eigenvalue weighted by molar-refractivity contribution is 0.607. The molecule has 0 amide bonds. The van der Waals surface area contributed by atoms with Gasteiger partial charge in [-0.3, -0.25) is 9.25 Å². The van der Waals surface area contributed by atoms with Crippen LogP contribution in [-0.4, -0.2) is 25.9 Å². The molecule has 1 aliphatic rings. The molecule has 114 valence electrons. The van der Waals surface area contributed by atoms with E-state index < -0.39 is 0 Å². The zero-order chi connectivity index (χ0) is 15.0. The fourth-order valence-electron chi connectivity index (χ4n) is 3.11. The summed E-state index contributed by atoms with van der Waals surface area (Å²) < 4.78 is 4.29. The van der Waals surface area contributed by atoms with Gasteiger partial charge in [-0.2, -0.15) is 5.10 Å². The Labute approximate surface area is 126 Å². The van der Waals surface area contributed by atoms with E-state index in [0.29, 0.717) is 5.92 Å². The zero-order valence-corrected chi connectivity index (χ0v) is 13.5. The topological polar surface area (TPSA) is 47.7 Å². The molecule has 0 saturated heterocycles. The molecule has 2 aromatic rings. The maximum atomic E-state index is 4.92. The van der Waals surface area contributed by atoms with Crippen molar-refractivity contribution < 1.29 is 0 Å². The molecule has 1 aliphatic heterocycles. The molecule has 0 atom stereocenters. The van der Waals surface area contributed by atoms with Gasteiger partial charge in [-0.15, -0.1) is 0 Å². The first-order valence-corrected chi connectivity index (χ1v) is 7.93. The monoisotopic (exact) mass is 287 g/mol. The van der Waals surface area contributed by atoms with Crippen molar-refractivity contribution in [1.82, 2.24) is 24.6 Å². The van der Waals surface area contributed by atoms with Gasteiger partial charge in [0.1, 0.15) is 5.82 Å². The highest BCUT2D eigenvalue weighted by atomic mass is 15.3. The number of nitrogens with zero attached hydrogens (tertiary/aromatic N) is 4. The van der Waals surface area contributed by atoms with Gasteiger partial charge in [0.05, 0.1) is 17.1 Å². The molecule has 0 saturated carbocycles. The third-order valence-corrected chi connectivity index (χ3v) is 4.01. The third kappa shape index (κ3) is 2.62. The highest BCUT2D eigenvalue weighted by molar-refractivity contribution is 5.41. The predicted octanol–water partition coefficient (Wildman–Crippen LogP) is 2.01. The molecule has 2 aromatic heterocycles. The Morgan fingerprint density at radius 3 is 2.90 bits per heavy atom. The Morgan fingerprint density at radius 2 is 2.19 bits per heavy atom. The standard InChI is InChI=1S/C16H25N5/c1-5-12-15(10-20(4)19-12)21-14-6-7-17-9-13(14)18-16(21)8-11(2)3/h10-11,17H,5-9H2,1-4H3. The third-order valence-electron chi connectivity index (χ3n) is 4.01. The summed E-state index contributed by atoms with van der Waals surface area (Å²) in [5.74, 6) is 1.78. The van der Waals surface area contributed by atoms with E-state index in [1.165, 1.54) is 22.9 Å². The second-order valence-electron chi connectivity index (χ2n) is 6.27. The van der Waals surface area contributed by atoms with Gasteiger partial charge in [-0.05, 0) is 12.3 Å². The zero-order valence-electron chi connectivity index (χ0n) is 13.5. The number of hydrogen-bond acceptors (Lipinski definition) is 3. The number of imidazole rings is 1. The minimum absolute atomic E-state index is 0.599. The van der Waals surface area contributed by atoms with Crippen LogP contribution in [0.15, 0.2) is 6.20 Å². The first-order chi connectivity index (χ1) is 10.1. The van der Waals surface area contributed by atoms with Gasteiger partial charge in [-0.1, -0.05) is 20.8 Å². The van der Waals surface area contributed by atoms with Gasteiger partial charge in [0, 0.05) is 44.9 Å². The number of aromatic nitrogens is 4. The minimum Gasteiger partial charge on any atom is -0.311 e. The van der Waals surface area contributed by atoms with Crippen LogP contribution in [0.5, 0.6) is 0 Å². The Balaban J connectivity index is 2.16. The van der Waals surface area contributed by atoms with Crippen LogP contribution in [0.3, 0.4) is 0 Å². The largest absolute Gasteiger partial charge is 0.311 e. The lowest BCUT2D eigenvalue weighted by Crippen LogP contribution is -2.25. The Kier molecular flexibility index (Phi) is 3.85. The molecular formula is C16H25N5. The molecule has 0 radical (unpaired) electrons. The molecular weight excluding hydrogens is 262 g/mol. The summed E-state index contributed by atoms with van der Waals surface area (Å²) in [6.07, 6.45) is 5.12. The van der Waals surface area contributed by atoms with E-state index in [-0.39, 0.29) is 0 Å². The van der Waals surface area contributed by atoms with Crippen LogP contribution < -0.4 is 5.32 Å². The van der Waals surface area contributed by atoms with Crippen molar-refractivity contribution in [3.8, 4) is 5.69 Å². The summed E-state index contributed by atoms with van der Waals surface area (Å²) in [5.41, 5.74) is 4.95. The Morgan fingerprint density at radius 1 is 1.38 bits per heavy atom. The minimum atomic E-state index is 0.599. The van der Waals surface area contributed by atoms with Crippen molar-refractivity contribution >= 4 is 0 Å². The molecule has 5 nitrogen and oxygen atoms in total. The fourth-order valence-corrected chi connectivity index (χ4v) is 3.11. The van der Waals surface area contributed by atoms with Crippen molar-refractivity contribution in [3.63, 3.8) is 0 Å². The molecule has 0 bridgehead atoms. The van der Waals surface area contributed by atoms with Crippen molar-refractivity contribution in [3.05, 3.63) is 29.1 Å². The Hall–Kier alpha value is -1.62. The van der Waals surface area contributed by atoms with Crippen molar-refractivity contribution in [2.75, 3.05) is 6.54 Å². The first-order valence-electron chi connectivity index (χ1n) is 7.93. The molecule has 21 heavy (non-hydrogen) atoms. The Bertz CT molecular complexity index is 635. The summed E-state index contributed by atoms with van der Waals surface area (Å²) in [7, 11) is 2.00. The molecule has 3 heterocycles. The summed E-state index contributed by atoms with van der Waals surface area (Å²) in [6, 6.07) is 0. The van der Waals surface area contributed by atoms with Crippen molar-refractivity contribution in [2.45, 2.75) is 46.6 Å². The van der Waals surface area contributed by atoms with E-state index >= 15 is 0 Å². The molecule has 0 aromatic carbocycles. The van der Waals surface area contributed by atoms with Crippen molar-refractivity contribution in [1.29, 1.82) is 0 Å². The van der Waals surface area contributed by atoms with Crippen LogP contribution in [0.2, 0.25) is 0 Å². The summed E-state index contributed by atoms with van der Waals surface area (Å²) in [6.45, 7) is 8.58. The van der Waals surface area contributed by atoms with Gasteiger partial charge in [0.25, 0.3) is 0 Å². The average molecular weight is 287 g/mol. The van der Waals surface area contributed by atoms with Crippen LogP contribution in [0.25, 0.3) is 5.69 Å². The van der Waals surface area contributed by atoms with E-state index in [9.17, 15) is 0 Å². The van der Waals surface area contributed by atoms with Gasteiger partial charge >= 0.3 is 0 Å². The van der Waals surface area contributed by atoms with Gasteiger partial charge in [0.15, 0.2) is 0 Å². The van der Waals surface area contributed by atoms with E-state index in [0.717, 1.165) is 38.0 Å². The van der Waals surface area contributed by atoms with Crippen molar-refractivity contribution in [2.24, 2.45) is 13.0 Å². The molecule has 5 heteroatoms. The van der Waals surface area contributed by atoms with Gasteiger partial charge < -0.3 is 5.32 Å². The maximum absolute atomic E-state index is 4.92. The predicted molar refractivity (Wildman–Crippen MR) is 83.7 cm³/mol. The summed E-state index contributed by atoms with van der Waals surface area (Å²) in [4.78, 5) is 4.92. The smallest absolute Gasteiger partial charge is 0.114 e. The quantitative estimate of drug-likeness (QED) is 0.936. The fraction of sp³-hybridized carbons (Fsp3) is 0.625. The average Bonchev–Trinajstić information content (AvgIpc) is 2.97. The highest BCUT2D eigenvalue weighted by Gasteiger charge is 2.23. The molecule has 0 aliphatic carbocycles. The van der Waals surface area contributed by atoms with E-state index in [1.54, 1.807) is 0 Å². The van der Waals surface area contributed by atoms with Crippen LogP contribution in [0, 0.1) is 5.92 Å². The second-order valence-corrected chi connectivity index (χ2v) is 6.27. The van der Waals surface area contributed by atoms with Gasteiger partial charge in [-0.25, -0.2) is 4.98 Å². The van der Waals surface area contributed by atoms with E-state index in [4.69, 9.17) is 4.98 Å². The lowest BCUT2D eigenvalue weighted by Gasteiger charge is -2.16. The number of aryl methyl sites for hydroxylation is 2. The highest BCUT2D eigenvalue weighted by Crippen LogP contribution is 2.25. The number of hydrogen-bond donors (Lipinski definition) is 1. The maximum Gasteiger partial charge on any atom is 0.114 e. The summed E-state index contributed by atoms with van der Waals surface area (Å²) in [5, 5.41) is 8.03. The lowest BCUT2D eigenvalue weighted by atomic mass is 10.1. The molecule has 0 unspecified atom stereocenters. The number of nitrogens with one attached hydrogen (secondary N) is 1. The molecule has 0 fully saturated rings. The second kappa shape index (κ2) is 5.64. The molecule has 0 spiro atoms. The number of rotatable bonds is 4. The number of fused-ring (bicyclic) bond motifs is 1. The van der Waals surface area contributed by atoms with E-state index in [2.05, 4.69) is 42.0 Å². The van der Waals surface area contributed by atoms with Crippen LogP contribution >= 0.6 is 0 Å². The van der Waals surface area contributed by atoms with Crippen LogP contribution in [0.1, 0.15) is 43.7 Å². The van der Waals surface area contributed by atoms with E-state index in [1.807, 2.05) is 11.7 Å². The SMILES string of the molecule is CCc1nn(C)cc1-n1c(CC(C)C)nc2c1CCNC2. The molecule has 3 rings (SSSR count). The van der Waals surface area contributed by atoms with Crippen LogP contribution in [0.4, 0.5) is 0 Å². The van der Waals surface area contributed by atoms with Crippen LogP contribution in [-0.2, 0) is 32.9 Å². The molecule has 1 N–H and O–H groups in total. The first kappa shape index (κ1) is 14.3. The summed E-state index contributed by atoms with van der Waals surface area (Å²) >= 11 is 0. The van der Waals surface area contributed by atoms with Gasteiger partial charge in [0.2, 0.25) is 0 Å².